The lowest BCUT2D eigenvalue weighted by atomic mass is 9.81. The van der Waals surface area contributed by atoms with E-state index in [2.05, 4.69) is 25.1 Å². The Balaban J connectivity index is 1.52. The van der Waals surface area contributed by atoms with Gasteiger partial charge in [-0.1, -0.05) is 6.42 Å². The summed E-state index contributed by atoms with van der Waals surface area (Å²) in [5, 5.41) is 9.82. The fourth-order valence-corrected chi connectivity index (χ4v) is 3.53. The van der Waals surface area contributed by atoms with E-state index in [-0.39, 0.29) is 18.1 Å². The summed E-state index contributed by atoms with van der Waals surface area (Å²) in [4.78, 5) is 16.9. The zero-order valence-corrected chi connectivity index (χ0v) is 13.2. The van der Waals surface area contributed by atoms with Crippen molar-refractivity contribution in [3.8, 4) is 0 Å². The topological polar surface area (TPSA) is 84.8 Å². The number of nitrogens with zero attached hydrogens (tertiary/aromatic N) is 3. The van der Waals surface area contributed by atoms with Gasteiger partial charge in [0.05, 0.1) is 11.6 Å². The molecule has 1 aliphatic carbocycles. The maximum atomic E-state index is 12.8. The van der Waals surface area contributed by atoms with Crippen LogP contribution in [0.3, 0.4) is 0 Å². The summed E-state index contributed by atoms with van der Waals surface area (Å²) in [7, 11) is 2.01. The Hall–Kier alpha value is -2.15. The first kappa shape index (κ1) is 14.4. The van der Waals surface area contributed by atoms with Crippen molar-refractivity contribution in [2.75, 3.05) is 6.61 Å². The summed E-state index contributed by atoms with van der Waals surface area (Å²) in [5.74, 6) is 1.16. The average Bonchev–Trinajstić information content (AvgIpc) is 3.18. The van der Waals surface area contributed by atoms with Crippen LogP contribution in [0, 0.1) is 0 Å². The molecule has 0 aromatic carbocycles. The van der Waals surface area contributed by atoms with E-state index in [4.69, 9.17) is 4.74 Å². The molecule has 2 aromatic heterocycles. The van der Waals surface area contributed by atoms with Crippen molar-refractivity contribution in [1.82, 2.24) is 25.1 Å². The molecule has 0 spiro atoms. The molecule has 23 heavy (non-hydrogen) atoms. The predicted octanol–water partition coefficient (Wildman–Crippen LogP) is 1.67. The van der Waals surface area contributed by atoms with Crippen molar-refractivity contribution >= 4 is 5.91 Å². The summed E-state index contributed by atoms with van der Waals surface area (Å²) in [6, 6.07) is 1.84. The molecule has 2 atom stereocenters. The Kier molecular flexibility index (Phi) is 3.65. The largest absolute Gasteiger partial charge is 0.368 e. The minimum absolute atomic E-state index is 0.0208. The van der Waals surface area contributed by atoms with Crippen LogP contribution in [0.4, 0.5) is 0 Å². The highest BCUT2D eigenvalue weighted by Gasteiger charge is 2.34. The lowest BCUT2D eigenvalue weighted by Crippen LogP contribution is -2.37. The second kappa shape index (κ2) is 5.81. The number of amides is 1. The Morgan fingerprint density at radius 1 is 1.43 bits per heavy atom. The zero-order chi connectivity index (χ0) is 15.8. The Labute approximate surface area is 134 Å². The highest BCUT2D eigenvalue weighted by molar-refractivity contribution is 5.96. The molecule has 1 aliphatic heterocycles. The molecule has 2 N–H and O–H groups in total. The van der Waals surface area contributed by atoms with Gasteiger partial charge in [0, 0.05) is 25.5 Å². The van der Waals surface area contributed by atoms with Gasteiger partial charge in [0.25, 0.3) is 5.91 Å². The molecule has 0 bridgehead atoms. The number of ether oxygens (including phenoxy) is 1. The van der Waals surface area contributed by atoms with E-state index in [0.717, 1.165) is 17.7 Å². The van der Waals surface area contributed by atoms with Crippen molar-refractivity contribution < 1.29 is 9.53 Å². The lowest BCUT2D eigenvalue weighted by Gasteiger charge is -2.27. The van der Waals surface area contributed by atoms with E-state index in [1.165, 1.54) is 25.6 Å². The predicted molar refractivity (Wildman–Crippen MR) is 83.0 cm³/mol. The minimum Gasteiger partial charge on any atom is -0.368 e. The molecule has 3 heterocycles. The molecule has 2 aromatic rings. The van der Waals surface area contributed by atoms with Crippen molar-refractivity contribution in [3.05, 3.63) is 35.7 Å². The molecule has 1 saturated carbocycles. The van der Waals surface area contributed by atoms with Crippen LogP contribution in [0.5, 0.6) is 0 Å². The standard InChI is InChI=1S/C16H21N5O2/c1-21-7-5-11(13(21)10-3-2-4-10)16(22)19-12-6-8-23-14(12)15-17-9-18-20-15/h5,7,9-10,12,14H,2-4,6,8H2,1H3,(H,19,22)(H,17,18,20)/t12-,14+/m0/s1. The van der Waals surface area contributed by atoms with Crippen LogP contribution in [0.1, 0.15) is 59.6 Å². The number of aromatic amines is 1. The number of H-pyrrole nitrogens is 1. The van der Waals surface area contributed by atoms with Crippen molar-refractivity contribution in [2.45, 2.75) is 43.7 Å². The summed E-state index contributed by atoms with van der Waals surface area (Å²) >= 11 is 0. The van der Waals surface area contributed by atoms with Crippen LogP contribution in [0.25, 0.3) is 0 Å². The molecule has 7 nitrogen and oxygen atoms in total. The molecular weight excluding hydrogens is 294 g/mol. The normalized spacial score (nSPS) is 24.6. The highest BCUT2D eigenvalue weighted by Crippen LogP contribution is 2.38. The molecule has 1 saturated heterocycles. The third-order valence-electron chi connectivity index (χ3n) is 4.97. The number of hydrogen-bond donors (Lipinski definition) is 2. The van der Waals surface area contributed by atoms with Gasteiger partial charge < -0.3 is 14.6 Å². The second-order valence-corrected chi connectivity index (χ2v) is 6.38. The Bertz CT molecular complexity index is 689. The zero-order valence-electron chi connectivity index (χ0n) is 13.2. The quantitative estimate of drug-likeness (QED) is 0.899. The first-order valence-electron chi connectivity index (χ1n) is 8.17. The minimum atomic E-state index is -0.252. The number of nitrogens with one attached hydrogen (secondary N) is 2. The molecule has 0 radical (unpaired) electrons. The van der Waals surface area contributed by atoms with Crippen molar-refractivity contribution in [3.63, 3.8) is 0 Å². The molecule has 1 amide bonds. The van der Waals surface area contributed by atoms with Gasteiger partial charge in [0.1, 0.15) is 12.4 Å². The van der Waals surface area contributed by atoms with Gasteiger partial charge in [-0.3, -0.25) is 9.89 Å². The smallest absolute Gasteiger partial charge is 0.253 e. The molecule has 122 valence electrons. The van der Waals surface area contributed by atoms with Gasteiger partial charge >= 0.3 is 0 Å². The molecule has 7 heteroatoms. The number of aryl methyl sites for hydroxylation is 1. The number of carbonyl (C=O) groups is 1. The fourth-order valence-electron chi connectivity index (χ4n) is 3.53. The van der Waals surface area contributed by atoms with E-state index in [1.807, 2.05) is 19.3 Å². The fraction of sp³-hybridized carbons (Fsp3) is 0.562. The first-order chi connectivity index (χ1) is 11.2. The monoisotopic (exact) mass is 315 g/mol. The van der Waals surface area contributed by atoms with Crippen molar-refractivity contribution in [1.29, 1.82) is 0 Å². The van der Waals surface area contributed by atoms with Crippen LogP contribution in [0.15, 0.2) is 18.6 Å². The maximum Gasteiger partial charge on any atom is 0.253 e. The molecule has 0 unspecified atom stereocenters. The van der Waals surface area contributed by atoms with E-state index >= 15 is 0 Å². The summed E-state index contributed by atoms with van der Waals surface area (Å²) < 4.78 is 7.79. The van der Waals surface area contributed by atoms with Crippen LogP contribution < -0.4 is 5.32 Å². The summed E-state index contributed by atoms with van der Waals surface area (Å²) in [5.41, 5.74) is 1.95. The van der Waals surface area contributed by atoms with E-state index in [9.17, 15) is 4.79 Å². The first-order valence-corrected chi connectivity index (χ1v) is 8.17. The van der Waals surface area contributed by atoms with E-state index in [0.29, 0.717) is 18.3 Å². The van der Waals surface area contributed by atoms with Crippen molar-refractivity contribution in [2.24, 2.45) is 7.05 Å². The number of aromatic nitrogens is 4. The number of carbonyl (C=O) groups excluding carboxylic acids is 1. The van der Waals surface area contributed by atoms with E-state index < -0.39 is 0 Å². The summed E-state index contributed by atoms with van der Waals surface area (Å²) in [6.45, 7) is 0.612. The Morgan fingerprint density at radius 2 is 2.30 bits per heavy atom. The molecule has 2 aliphatic rings. The van der Waals surface area contributed by atoms with Gasteiger partial charge in [0.15, 0.2) is 5.82 Å². The lowest BCUT2D eigenvalue weighted by molar-refractivity contribution is 0.0790. The van der Waals surface area contributed by atoms with Gasteiger partial charge in [-0.2, -0.15) is 5.10 Å². The molecule has 2 fully saturated rings. The number of hydrogen-bond acceptors (Lipinski definition) is 4. The van der Waals surface area contributed by atoms with Crippen LogP contribution in [-0.4, -0.2) is 38.3 Å². The second-order valence-electron chi connectivity index (χ2n) is 6.38. The van der Waals surface area contributed by atoms with E-state index in [1.54, 1.807) is 0 Å². The van der Waals surface area contributed by atoms with Gasteiger partial charge in [-0.15, -0.1) is 0 Å². The van der Waals surface area contributed by atoms with Gasteiger partial charge in [-0.25, -0.2) is 4.98 Å². The Morgan fingerprint density at radius 3 is 3.00 bits per heavy atom. The van der Waals surface area contributed by atoms with Crippen LogP contribution >= 0.6 is 0 Å². The van der Waals surface area contributed by atoms with Gasteiger partial charge in [-0.05, 0) is 31.2 Å². The SMILES string of the molecule is Cn1ccc(C(=O)N[C@H]2CCO[C@H]2c2ncn[nH]2)c1C1CCC1. The molecular formula is C16H21N5O2. The summed E-state index contributed by atoms with van der Waals surface area (Å²) in [6.07, 6.45) is 7.56. The maximum absolute atomic E-state index is 12.8. The van der Waals surface area contributed by atoms with Crippen LogP contribution in [0.2, 0.25) is 0 Å². The number of rotatable bonds is 4. The average molecular weight is 315 g/mol. The van der Waals surface area contributed by atoms with Gasteiger partial charge in [0.2, 0.25) is 0 Å². The molecule has 4 rings (SSSR count). The third-order valence-corrected chi connectivity index (χ3v) is 4.97. The highest BCUT2D eigenvalue weighted by atomic mass is 16.5. The third kappa shape index (κ3) is 2.55. The van der Waals surface area contributed by atoms with Crippen LogP contribution in [-0.2, 0) is 11.8 Å².